The lowest BCUT2D eigenvalue weighted by molar-refractivity contribution is -0.137. The molecule has 26 heavy (non-hydrogen) atoms. The van der Waals surface area contributed by atoms with Gasteiger partial charge in [-0.1, -0.05) is 42.5 Å². The smallest absolute Gasteiger partial charge is 0.385 e. The van der Waals surface area contributed by atoms with Crippen LogP contribution in [0.5, 0.6) is 0 Å². The lowest BCUT2D eigenvalue weighted by Crippen LogP contribution is -2.49. The van der Waals surface area contributed by atoms with Gasteiger partial charge in [-0.3, -0.25) is 4.90 Å². The van der Waals surface area contributed by atoms with Gasteiger partial charge in [0.2, 0.25) is 0 Å². The Morgan fingerprint density at radius 3 is 2.04 bits per heavy atom. The van der Waals surface area contributed by atoms with Gasteiger partial charge >= 0.3 is 6.18 Å². The molecule has 0 saturated carbocycles. The standard InChI is InChI=1S/C21H22F3NO/c22-21(23,24)17-8-6-16(7-9-17)20(26)12-18-10-11-19(13-20)25(18)14-15-4-2-1-3-5-15/h1-9,18-19,26H,10-14H2. The zero-order valence-electron chi connectivity index (χ0n) is 14.4. The van der Waals surface area contributed by atoms with Crippen molar-refractivity contribution in [3.8, 4) is 0 Å². The summed E-state index contributed by atoms with van der Waals surface area (Å²) in [5, 5.41) is 11.2. The highest BCUT2D eigenvalue weighted by atomic mass is 19.4. The molecule has 0 aliphatic carbocycles. The monoisotopic (exact) mass is 361 g/mol. The number of rotatable bonds is 3. The third kappa shape index (κ3) is 3.26. The van der Waals surface area contributed by atoms with Crippen molar-refractivity contribution in [2.24, 2.45) is 0 Å². The topological polar surface area (TPSA) is 23.5 Å². The number of hydrogen-bond donors (Lipinski definition) is 1. The first kappa shape index (κ1) is 17.6. The first-order chi connectivity index (χ1) is 12.4. The summed E-state index contributed by atoms with van der Waals surface area (Å²) in [7, 11) is 0. The number of alkyl halides is 3. The Kier molecular flexibility index (Phi) is 4.32. The maximum atomic E-state index is 12.8. The first-order valence-corrected chi connectivity index (χ1v) is 9.05. The molecule has 5 heteroatoms. The lowest BCUT2D eigenvalue weighted by Gasteiger charge is -2.44. The quantitative estimate of drug-likeness (QED) is 0.855. The van der Waals surface area contributed by atoms with Gasteiger partial charge in [0.05, 0.1) is 11.2 Å². The molecule has 2 bridgehead atoms. The fourth-order valence-corrected chi connectivity index (χ4v) is 4.57. The average Bonchev–Trinajstić information content (AvgIpc) is 2.86. The van der Waals surface area contributed by atoms with Crippen molar-refractivity contribution in [3.05, 3.63) is 71.3 Å². The summed E-state index contributed by atoms with van der Waals surface area (Å²) in [6, 6.07) is 15.8. The van der Waals surface area contributed by atoms with Crippen LogP contribution in [0.15, 0.2) is 54.6 Å². The van der Waals surface area contributed by atoms with E-state index in [1.54, 1.807) is 0 Å². The van der Waals surface area contributed by atoms with Gasteiger partial charge in [-0.05, 0) is 48.9 Å². The van der Waals surface area contributed by atoms with Crippen LogP contribution in [0.1, 0.15) is 42.4 Å². The highest BCUT2D eigenvalue weighted by Crippen LogP contribution is 2.46. The van der Waals surface area contributed by atoms with Crippen molar-refractivity contribution in [1.82, 2.24) is 4.90 Å². The molecule has 2 unspecified atom stereocenters. The summed E-state index contributed by atoms with van der Waals surface area (Å²) in [5.74, 6) is 0. The minimum atomic E-state index is -4.35. The second-order valence-electron chi connectivity index (χ2n) is 7.56. The molecular formula is C21H22F3NO. The minimum Gasteiger partial charge on any atom is -0.385 e. The number of piperidine rings is 1. The van der Waals surface area contributed by atoms with E-state index in [0.29, 0.717) is 18.4 Å². The van der Waals surface area contributed by atoms with E-state index in [0.717, 1.165) is 31.5 Å². The second kappa shape index (κ2) is 6.39. The van der Waals surface area contributed by atoms with Crippen molar-refractivity contribution in [2.75, 3.05) is 0 Å². The van der Waals surface area contributed by atoms with Gasteiger partial charge in [0.1, 0.15) is 0 Å². The zero-order valence-corrected chi connectivity index (χ0v) is 14.4. The molecule has 1 N–H and O–H groups in total. The van der Waals surface area contributed by atoms with Crippen LogP contribution < -0.4 is 0 Å². The summed E-state index contributed by atoms with van der Waals surface area (Å²) < 4.78 is 38.3. The minimum absolute atomic E-state index is 0.265. The summed E-state index contributed by atoms with van der Waals surface area (Å²) >= 11 is 0. The van der Waals surface area contributed by atoms with Crippen LogP contribution in [0, 0.1) is 0 Å². The van der Waals surface area contributed by atoms with Crippen molar-refractivity contribution in [3.63, 3.8) is 0 Å². The highest BCUT2D eigenvalue weighted by Gasteiger charge is 2.48. The van der Waals surface area contributed by atoms with Gasteiger partial charge in [0.25, 0.3) is 0 Å². The Labute approximate surface area is 151 Å². The van der Waals surface area contributed by atoms with Crippen LogP contribution in [0.3, 0.4) is 0 Å². The fourth-order valence-electron chi connectivity index (χ4n) is 4.57. The van der Waals surface area contributed by atoms with E-state index in [9.17, 15) is 18.3 Å². The Balaban J connectivity index is 1.52. The van der Waals surface area contributed by atoms with Gasteiger partial charge in [-0.25, -0.2) is 0 Å². The Morgan fingerprint density at radius 1 is 0.923 bits per heavy atom. The highest BCUT2D eigenvalue weighted by molar-refractivity contribution is 5.30. The van der Waals surface area contributed by atoms with Crippen molar-refractivity contribution >= 4 is 0 Å². The molecule has 138 valence electrons. The van der Waals surface area contributed by atoms with Crippen molar-refractivity contribution < 1.29 is 18.3 Å². The average molecular weight is 361 g/mol. The third-order valence-corrected chi connectivity index (χ3v) is 5.88. The summed E-state index contributed by atoms with van der Waals surface area (Å²) in [4.78, 5) is 2.45. The number of fused-ring (bicyclic) bond motifs is 2. The van der Waals surface area contributed by atoms with Crippen molar-refractivity contribution in [2.45, 2.75) is 56.1 Å². The van der Waals surface area contributed by atoms with Gasteiger partial charge in [0, 0.05) is 18.6 Å². The molecule has 4 rings (SSSR count). The van der Waals surface area contributed by atoms with Crippen LogP contribution in [-0.2, 0) is 18.3 Å². The molecule has 2 aliphatic rings. The molecule has 2 saturated heterocycles. The van der Waals surface area contributed by atoms with E-state index in [1.807, 2.05) is 18.2 Å². The summed E-state index contributed by atoms with van der Waals surface area (Å²) in [6.45, 7) is 0.860. The molecule has 0 radical (unpaired) electrons. The predicted molar refractivity (Wildman–Crippen MR) is 93.4 cm³/mol. The van der Waals surface area contributed by atoms with E-state index in [1.165, 1.54) is 17.7 Å². The SMILES string of the molecule is OC1(c2ccc(C(F)(F)F)cc2)CC2CCC(C1)N2Cc1ccccc1. The molecule has 2 fully saturated rings. The van der Waals surface area contributed by atoms with Crippen LogP contribution in [0.2, 0.25) is 0 Å². The third-order valence-electron chi connectivity index (χ3n) is 5.88. The van der Waals surface area contributed by atoms with E-state index in [-0.39, 0.29) is 12.1 Å². The molecule has 2 nitrogen and oxygen atoms in total. The molecule has 2 heterocycles. The fraction of sp³-hybridized carbons (Fsp3) is 0.429. The molecule has 0 amide bonds. The molecule has 2 aromatic rings. The van der Waals surface area contributed by atoms with E-state index < -0.39 is 17.3 Å². The lowest BCUT2D eigenvalue weighted by atomic mass is 9.80. The molecule has 0 spiro atoms. The van der Waals surface area contributed by atoms with E-state index in [4.69, 9.17) is 0 Å². The largest absolute Gasteiger partial charge is 0.416 e. The van der Waals surface area contributed by atoms with Gasteiger partial charge in [0.15, 0.2) is 0 Å². The summed E-state index contributed by atoms with van der Waals surface area (Å²) in [5.41, 5.74) is 0.142. The van der Waals surface area contributed by atoms with Crippen LogP contribution in [0.4, 0.5) is 13.2 Å². The number of hydrogen-bond acceptors (Lipinski definition) is 2. The first-order valence-electron chi connectivity index (χ1n) is 9.05. The summed E-state index contributed by atoms with van der Waals surface area (Å²) in [6.07, 6.45) is -1.15. The maximum Gasteiger partial charge on any atom is 0.416 e. The Morgan fingerprint density at radius 2 is 1.50 bits per heavy atom. The van der Waals surface area contributed by atoms with Crippen LogP contribution in [0.25, 0.3) is 0 Å². The number of benzene rings is 2. The normalized spacial score (nSPS) is 29.1. The number of aliphatic hydroxyl groups is 1. The Hall–Kier alpha value is -1.85. The van der Waals surface area contributed by atoms with Gasteiger partial charge in [-0.15, -0.1) is 0 Å². The van der Waals surface area contributed by atoms with Gasteiger partial charge in [-0.2, -0.15) is 13.2 Å². The molecule has 0 aromatic heterocycles. The number of halogens is 3. The molecule has 2 atom stereocenters. The second-order valence-corrected chi connectivity index (χ2v) is 7.56. The molecular weight excluding hydrogens is 339 g/mol. The number of nitrogens with zero attached hydrogens (tertiary/aromatic N) is 1. The van der Waals surface area contributed by atoms with Crippen molar-refractivity contribution in [1.29, 1.82) is 0 Å². The zero-order chi connectivity index (χ0) is 18.4. The van der Waals surface area contributed by atoms with Crippen LogP contribution in [-0.4, -0.2) is 22.1 Å². The van der Waals surface area contributed by atoms with Crippen LogP contribution >= 0.6 is 0 Å². The van der Waals surface area contributed by atoms with E-state index in [2.05, 4.69) is 17.0 Å². The molecule has 2 aromatic carbocycles. The Bertz CT molecular complexity index is 743. The molecule has 2 aliphatic heterocycles. The predicted octanol–water partition coefficient (Wildman–Crippen LogP) is 4.72. The maximum absolute atomic E-state index is 12.8. The van der Waals surface area contributed by atoms with Gasteiger partial charge < -0.3 is 5.11 Å². The van der Waals surface area contributed by atoms with E-state index >= 15 is 0 Å².